The van der Waals surface area contributed by atoms with Gasteiger partial charge in [-0.15, -0.1) is 0 Å². The van der Waals surface area contributed by atoms with Gasteiger partial charge in [0.05, 0.1) is 11.4 Å². The molecule has 1 N–H and O–H groups in total. The molecular formula is C14H11N3OS. The van der Waals surface area contributed by atoms with Crippen LogP contribution >= 0.6 is 12.2 Å². The van der Waals surface area contributed by atoms with Crippen molar-refractivity contribution in [2.45, 2.75) is 0 Å². The van der Waals surface area contributed by atoms with Gasteiger partial charge in [0.25, 0.3) is 0 Å². The molecule has 1 heterocycles. The lowest BCUT2D eigenvalue weighted by atomic mass is 10.3. The fraction of sp³-hybridized carbons (Fsp3) is 0. The van der Waals surface area contributed by atoms with Crippen molar-refractivity contribution in [3.8, 4) is 17.1 Å². The summed E-state index contributed by atoms with van der Waals surface area (Å²) in [7, 11) is 0. The minimum absolute atomic E-state index is 0.172. The van der Waals surface area contributed by atoms with Crippen molar-refractivity contribution in [3.63, 3.8) is 0 Å². The van der Waals surface area contributed by atoms with Gasteiger partial charge >= 0.3 is 0 Å². The summed E-state index contributed by atoms with van der Waals surface area (Å²) in [5, 5.41) is 14.1. The van der Waals surface area contributed by atoms with Crippen LogP contribution in [0.25, 0.3) is 11.4 Å². The molecule has 94 valence electrons. The van der Waals surface area contributed by atoms with Gasteiger partial charge in [0.2, 0.25) is 4.77 Å². The van der Waals surface area contributed by atoms with Crippen LogP contribution in [0.5, 0.6) is 5.75 Å². The fourth-order valence-corrected chi connectivity index (χ4v) is 2.18. The second-order valence-electron chi connectivity index (χ2n) is 4.02. The van der Waals surface area contributed by atoms with Crippen molar-refractivity contribution in [3.05, 3.63) is 65.7 Å². The molecule has 3 aromatic rings. The fourth-order valence-electron chi connectivity index (χ4n) is 1.88. The van der Waals surface area contributed by atoms with E-state index in [4.69, 9.17) is 12.2 Å². The largest absolute Gasteiger partial charge is 0.506 e. The molecule has 0 aliphatic rings. The van der Waals surface area contributed by atoms with Gasteiger partial charge in [-0.05, 0) is 36.5 Å². The van der Waals surface area contributed by atoms with Gasteiger partial charge in [0.15, 0.2) is 0 Å². The predicted molar refractivity (Wildman–Crippen MR) is 75.4 cm³/mol. The van der Waals surface area contributed by atoms with Crippen LogP contribution in [-0.2, 0) is 0 Å². The molecule has 4 nitrogen and oxygen atoms in total. The maximum Gasteiger partial charge on any atom is 0.207 e. The Bertz CT molecular complexity index is 762. The van der Waals surface area contributed by atoms with Crippen LogP contribution in [0, 0.1) is 4.77 Å². The van der Waals surface area contributed by atoms with E-state index in [1.165, 1.54) is 0 Å². The van der Waals surface area contributed by atoms with Gasteiger partial charge in [-0.1, -0.05) is 30.3 Å². The summed E-state index contributed by atoms with van der Waals surface area (Å²) in [4.78, 5) is 0. The van der Waals surface area contributed by atoms with Crippen LogP contribution in [0.1, 0.15) is 0 Å². The normalized spacial score (nSPS) is 10.5. The average Bonchev–Trinajstić information content (AvgIpc) is 2.82. The highest BCUT2D eigenvalue weighted by Crippen LogP contribution is 2.21. The third-order valence-electron chi connectivity index (χ3n) is 2.81. The van der Waals surface area contributed by atoms with Crippen molar-refractivity contribution in [1.29, 1.82) is 0 Å². The first-order chi connectivity index (χ1) is 9.27. The van der Waals surface area contributed by atoms with Crippen LogP contribution in [0.4, 0.5) is 0 Å². The van der Waals surface area contributed by atoms with E-state index in [0.717, 1.165) is 5.69 Å². The number of benzene rings is 2. The highest BCUT2D eigenvalue weighted by molar-refractivity contribution is 7.71. The van der Waals surface area contributed by atoms with Crippen LogP contribution in [0.15, 0.2) is 60.9 Å². The zero-order valence-electron chi connectivity index (χ0n) is 9.97. The first-order valence-electron chi connectivity index (χ1n) is 5.78. The van der Waals surface area contributed by atoms with Gasteiger partial charge < -0.3 is 5.11 Å². The molecule has 0 saturated heterocycles. The molecule has 0 saturated carbocycles. The summed E-state index contributed by atoms with van der Waals surface area (Å²) < 4.78 is 3.84. The number of hydrogen-bond acceptors (Lipinski definition) is 3. The quantitative estimate of drug-likeness (QED) is 0.727. The summed E-state index contributed by atoms with van der Waals surface area (Å²) in [6.45, 7) is 0. The van der Waals surface area contributed by atoms with Gasteiger partial charge in [0.1, 0.15) is 12.1 Å². The summed E-state index contributed by atoms with van der Waals surface area (Å²) >= 11 is 5.40. The molecule has 5 heteroatoms. The molecule has 0 atom stereocenters. The number of aromatic hydroxyl groups is 1. The smallest absolute Gasteiger partial charge is 0.207 e. The van der Waals surface area contributed by atoms with Crippen LogP contribution < -0.4 is 0 Å². The van der Waals surface area contributed by atoms with Gasteiger partial charge in [-0.3, -0.25) is 4.57 Å². The molecule has 0 aliphatic carbocycles. The van der Waals surface area contributed by atoms with E-state index in [9.17, 15) is 5.11 Å². The monoisotopic (exact) mass is 269 g/mol. The Morgan fingerprint density at radius 3 is 2.37 bits per heavy atom. The Hall–Kier alpha value is -2.40. The number of phenols is 1. The Morgan fingerprint density at radius 2 is 1.63 bits per heavy atom. The number of nitrogens with zero attached hydrogens (tertiary/aromatic N) is 3. The molecule has 0 bridgehead atoms. The van der Waals surface area contributed by atoms with Crippen LogP contribution in [-0.4, -0.2) is 19.5 Å². The molecule has 0 unspecified atom stereocenters. The lowest BCUT2D eigenvalue weighted by Gasteiger charge is -2.04. The maximum atomic E-state index is 9.86. The van der Waals surface area contributed by atoms with Gasteiger partial charge in [-0.25, -0.2) is 4.68 Å². The Kier molecular flexibility index (Phi) is 2.89. The molecule has 0 radical (unpaired) electrons. The molecule has 2 aromatic carbocycles. The number of hydrogen-bond donors (Lipinski definition) is 1. The summed E-state index contributed by atoms with van der Waals surface area (Å²) in [6.07, 6.45) is 1.60. The SMILES string of the molecule is Oc1ccccc1-n1cnn(-c2ccccc2)c1=S. The first kappa shape index (κ1) is 11.7. The second-order valence-corrected chi connectivity index (χ2v) is 4.38. The molecule has 0 spiro atoms. The van der Waals surface area contributed by atoms with Crippen molar-refractivity contribution < 1.29 is 5.11 Å². The maximum absolute atomic E-state index is 9.86. The Labute approximate surface area is 115 Å². The lowest BCUT2D eigenvalue weighted by Crippen LogP contribution is -1.98. The minimum Gasteiger partial charge on any atom is -0.506 e. The third-order valence-corrected chi connectivity index (χ3v) is 3.18. The second kappa shape index (κ2) is 4.70. The summed E-state index contributed by atoms with van der Waals surface area (Å²) in [6, 6.07) is 16.7. The molecule has 0 amide bonds. The Morgan fingerprint density at radius 1 is 0.947 bits per heavy atom. The van der Waals surface area contributed by atoms with Crippen LogP contribution in [0.2, 0.25) is 0 Å². The molecular weight excluding hydrogens is 258 g/mol. The standard InChI is InChI=1S/C14H11N3OS/c18-13-9-5-4-8-12(13)16-10-15-17(14(16)19)11-6-2-1-3-7-11/h1-10,18H. The first-order valence-corrected chi connectivity index (χ1v) is 6.18. The molecule has 0 aliphatic heterocycles. The topological polar surface area (TPSA) is 43.0 Å². The van der Waals surface area contributed by atoms with E-state index in [2.05, 4.69) is 5.10 Å². The summed E-state index contributed by atoms with van der Waals surface area (Å²) in [5.74, 6) is 0.172. The van der Waals surface area contributed by atoms with E-state index in [1.807, 2.05) is 36.4 Å². The van der Waals surface area contributed by atoms with Gasteiger partial charge in [0, 0.05) is 0 Å². The number of phenolic OH excluding ortho intramolecular Hbond substituents is 1. The predicted octanol–water partition coefficient (Wildman–Crippen LogP) is 3.10. The van der Waals surface area contributed by atoms with E-state index >= 15 is 0 Å². The van der Waals surface area contributed by atoms with E-state index in [1.54, 1.807) is 33.8 Å². The van der Waals surface area contributed by atoms with Crippen molar-refractivity contribution >= 4 is 12.2 Å². The zero-order valence-corrected chi connectivity index (χ0v) is 10.8. The average molecular weight is 269 g/mol. The van der Waals surface area contributed by atoms with Gasteiger partial charge in [-0.2, -0.15) is 5.10 Å². The molecule has 1 aromatic heterocycles. The zero-order chi connectivity index (χ0) is 13.2. The molecule has 0 fully saturated rings. The summed E-state index contributed by atoms with van der Waals surface area (Å²) in [5.41, 5.74) is 1.51. The number of para-hydroxylation sites is 3. The minimum atomic E-state index is 0.172. The highest BCUT2D eigenvalue weighted by Gasteiger charge is 2.08. The van der Waals surface area contributed by atoms with E-state index in [0.29, 0.717) is 10.5 Å². The highest BCUT2D eigenvalue weighted by atomic mass is 32.1. The number of rotatable bonds is 2. The lowest BCUT2D eigenvalue weighted by molar-refractivity contribution is 0.472. The van der Waals surface area contributed by atoms with Crippen LogP contribution in [0.3, 0.4) is 0 Å². The third kappa shape index (κ3) is 2.04. The van der Waals surface area contributed by atoms with Crippen molar-refractivity contribution in [2.75, 3.05) is 0 Å². The number of aromatic nitrogens is 3. The van der Waals surface area contributed by atoms with E-state index in [-0.39, 0.29) is 5.75 Å². The Balaban J connectivity index is 2.15. The van der Waals surface area contributed by atoms with Crippen molar-refractivity contribution in [2.24, 2.45) is 0 Å². The van der Waals surface area contributed by atoms with Crippen molar-refractivity contribution in [1.82, 2.24) is 14.3 Å². The molecule has 19 heavy (non-hydrogen) atoms. The molecule has 3 rings (SSSR count). The van der Waals surface area contributed by atoms with E-state index < -0.39 is 0 Å².